The number of nitrogens with two attached hydrogens (primary N) is 1. The summed E-state index contributed by atoms with van der Waals surface area (Å²) in [6.07, 6.45) is -1.45. The zero-order valence-electron chi connectivity index (χ0n) is 14.1. The monoisotopic (exact) mass is 263 g/mol. The maximum atomic E-state index is 11.5. The van der Waals surface area contributed by atoms with Gasteiger partial charge in [0, 0.05) is 15.6 Å². The van der Waals surface area contributed by atoms with Gasteiger partial charge in [-0.05, 0) is 20.3 Å². The Balaban J connectivity index is 4.56. The van der Waals surface area contributed by atoms with Gasteiger partial charge >= 0.3 is 12.2 Å². The molecule has 0 aromatic carbocycles. The average molecular weight is 263 g/mol. The topological polar surface area (TPSA) is 90.7 Å². The van der Waals surface area contributed by atoms with Gasteiger partial charge in [0.15, 0.2) is 0 Å². The molecule has 0 fully saturated rings. The number of nitrogens with one attached hydrogen (secondary N) is 1. The molecule has 18 heavy (non-hydrogen) atoms. The van der Waals surface area contributed by atoms with Crippen molar-refractivity contribution in [1.82, 2.24) is 5.32 Å². The van der Waals surface area contributed by atoms with Gasteiger partial charge in [0.1, 0.15) is 13.2 Å². The zero-order valence-corrected chi connectivity index (χ0v) is 11.1. The number of hydrogen-bond acceptors (Lipinski definition) is 4. The first-order valence-corrected chi connectivity index (χ1v) is 5.79. The highest BCUT2D eigenvalue weighted by molar-refractivity contribution is 5.67. The Kier molecular flexibility index (Phi) is 5.03. The van der Waals surface area contributed by atoms with Crippen molar-refractivity contribution in [3.05, 3.63) is 0 Å². The van der Waals surface area contributed by atoms with Gasteiger partial charge < -0.3 is 20.5 Å². The van der Waals surface area contributed by atoms with Crippen LogP contribution in [0.5, 0.6) is 0 Å². The first-order chi connectivity index (χ1) is 9.43. The Labute approximate surface area is 112 Å². The van der Waals surface area contributed by atoms with Crippen molar-refractivity contribution in [3.63, 3.8) is 0 Å². The molecule has 0 aromatic heterocycles. The minimum atomic E-state index is -2.10. The Hall–Kier alpha value is -1.46. The number of carbonyl (C=O) groups is 2. The molecule has 0 aliphatic heterocycles. The van der Waals surface area contributed by atoms with Crippen LogP contribution in [0.1, 0.15) is 44.6 Å². The van der Waals surface area contributed by atoms with Crippen LogP contribution in [0.25, 0.3) is 0 Å². The highest BCUT2D eigenvalue weighted by atomic mass is 16.6. The van der Waals surface area contributed by atoms with E-state index in [1.165, 1.54) is 0 Å². The number of hydrogen-bond donors (Lipinski definition) is 2. The molecule has 0 aromatic rings. The van der Waals surface area contributed by atoms with Gasteiger partial charge in [-0.2, -0.15) is 0 Å². The molecule has 1 atom stereocenters. The molecule has 0 spiro atoms. The first-order valence-electron chi connectivity index (χ1n) is 7.29. The molecule has 0 heterocycles. The average Bonchev–Trinajstić information content (AvgIpc) is 2.30. The first kappa shape index (κ1) is 11.6. The van der Waals surface area contributed by atoms with Gasteiger partial charge in [0.2, 0.25) is 0 Å². The number of rotatable bonds is 7. The van der Waals surface area contributed by atoms with E-state index in [-0.39, 0.29) is 32.1 Å². The van der Waals surface area contributed by atoms with Crippen molar-refractivity contribution >= 4 is 12.2 Å². The summed E-state index contributed by atoms with van der Waals surface area (Å²) in [6, 6.07) is -0.0759. The molecular weight excluding hydrogens is 236 g/mol. The lowest BCUT2D eigenvalue weighted by Crippen LogP contribution is -2.37. The van der Waals surface area contributed by atoms with Crippen LogP contribution in [-0.2, 0) is 9.47 Å². The Morgan fingerprint density at radius 1 is 1.39 bits per heavy atom. The zero-order chi connectivity index (χ0) is 16.7. The van der Waals surface area contributed by atoms with E-state index >= 15 is 0 Å². The third kappa shape index (κ3) is 7.76. The Bertz CT molecular complexity index is 361. The van der Waals surface area contributed by atoms with E-state index in [0.717, 1.165) is 0 Å². The molecule has 3 N–H and O–H groups in total. The lowest BCUT2D eigenvalue weighted by molar-refractivity contribution is 0.0333. The fourth-order valence-corrected chi connectivity index (χ4v) is 1.25. The summed E-state index contributed by atoms with van der Waals surface area (Å²) in [5, 5.41) is 2.55. The van der Waals surface area contributed by atoms with Gasteiger partial charge in [0.25, 0.3) is 0 Å². The molecule has 0 radical (unpaired) electrons. The van der Waals surface area contributed by atoms with Crippen molar-refractivity contribution in [2.45, 2.75) is 46.5 Å². The normalized spacial score (nSPS) is 17.0. The van der Waals surface area contributed by atoms with Crippen LogP contribution in [0.2, 0.25) is 0 Å². The summed E-state index contributed by atoms with van der Waals surface area (Å²) < 4.78 is 31.4. The smallest absolute Gasteiger partial charge is 0.407 e. The number of carbonyl (C=O) groups excluding carboxylic acids is 2. The molecule has 0 saturated carbocycles. The summed E-state index contributed by atoms with van der Waals surface area (Å²) in [6.45, 7) is 2.94. The second kappa shape index (κ2) is 7.79. The fraction of sp³-hybridized carbons (Fsp3) is 0.833. The third-order valence-corrected chi connectivity index (χ3v) is 2.25. The Morgan fingerprint density at radius 3 is 2.50 bits per heavy atom. The summed E-state index contributed by atoms with van der Waals surface area (Å²) in [5.41, 5.74) is 4.10. The van der Waals surface area contributed by atoms with Crippen molar-refractivity contribution in [2.24, 2.45) is 11.1 Å². The van der Waals surface area contributed by atoms with Crippen LogP contribution in [0.3, 0.4) is 0 Å². The van der Waals surface area contributed by atoms with Crippen LogP contribution in [0.15, 0.2) is 0 Å². The SMILES string of the molecule is [2H]C([2H])([2H])CCC(C)(COC(N)=O)COC(=O)NC(C)C. The lowest BCUT2D eigenvalue weighted by Gasteiger charge is -2.27. The van der Waals surface area contributed by atoms with Crippen molar-refractivity contribution < 1.29 is 23.2 Å². The van der Waals surface area contributed by atoms with Crippen molar-refractivity contribution in [3.8, 4) is 0 Å². The molecule has 6 heteroatoms. The highest BCUT2D eigenvalue weighted by Gasteiger charge is 2.27. The minimum Gasteiger partial charge on any atom is -0.449 e. The van der Waals surface area contributed by atoms with Crippen LogP contribution in [0.4, 0.5) is 9.59 Å². The van der Waals surface area contributed by atoms with Crippen molar-refractivity contribution in [1.29, 1.82) is 0 Å². The largest absolute Gasteiger partial charge is 0.449 e. The molecular formula is C12H24N2O4. The highest BCUT2D eigenvalue weighted by Crippen LogP contribution is 2.24. The standard InChI is InChI=1S/C12H24N2O4/c1-5-6-12(4,7-17-10(13)15)8-18-11(16)14-9(2)3/h9H,5-8H2,1-4H3,(H2,13,15)(H,14,16)/i1D3. The van der Waals surface area contributed by atoms with Crippen LogP contribution in [0, 0.1) is 5.41 Å². The lowest BCUT2D eigenvalue weighted by atomic mass is 9.87. The van der Waals surface area contributed by atoms with Crippen molar-refractivity contribution in [2.75, 3.05) is 13.2 Å². The number of ether oxygens (including phenoxy) is 2. The van der Waals surface area contributed by atoms with Gasteiger partial charge in [-0.15, -0.1) is 0 Å². The predicted octanol–water partition coefficient (Wildman–Crippen LogP) is 2.02. The molecule has 0 bridgehead atoms. The van der Waals surface area contributed by atoms with E-state index in [0.29, 0.717) is 0 Å². The van der Waals surface area contributed by atoms with E-state index in [1.807, 2.05) is 0 Å². The van der Waals surface area contributed by atoms with Gasteiger partial charge in [-0.25, -0.2) is 9.59 Å². The fourth-order valence-electron chi connectivity index (χ4n) is 1.25. The summed E-state index contributed by atoms with van der Waals surface area (Å²) in [4.78, 5) is 22.2. The summed E-state index contributed by atoms with van der Waals surface area (Å²) in [7, 11) is 0. The van der Waals surface area contributed by atoms with Crippen LogP contribution < -0.4 is 11.1 Å². The Morgan fingerprint density at radius 2 is 2.00 bits per heavy atom. The molecule has 6 nitrogen and oxygen atoms in total. The summed E-state index contributed by atoms with van der Waals surface area (Å²) >= 11 is 0. The third-order valence-electron chi connectivity index (χ3n) is 2.25. The number of alkyl carbamates (subject to hydrolysis) is 1. The molecule has 0 rings (SSSR count). The summed E-state index contributed by atoms with van der Waals surface area (Å²) in [5.74, 6) is 0. The maximum Gasteiger partial charge on any atom is 0.407 e. The van der Waals surface area contributed by atoms with Crippen LogP contribution in [-0.4, -0.2) is 31.4 Å². The number of primary amides is 1. The molecule has 106 valence electrons. The predicted molar refractivity (Wildman–Crippen MR) is 68.2 cm³/mol. The second-order valence-corrected chi connectivity index (χ2v) is 4.79. The van der Waals surface area contributed by atoms with E-state index in [4.69, 9.17) is 19.3 Å². The molecule has 0 saturated heterocycles. The second-order valence-electron chi connectivity index (χ2n) is 4.79. The van der Waals surface area contributed by atoms with E-state index < -0.39 is 24.5 Å². The minimum absolute atomic E-state index is 0.0745. The van der Waals surface area contributed by atoms with Gasteiger partial charge in [-0.1, -0.05) is 20.2 Å². The molecule has 2 amide bonds. The molecule has 0 aliphatic rings. The van der Waals surface area contributed by atoms with Gasteiger partial charge in [-0.3, -0.25) is 0 Å². The maximum absolute atomic E-state index is 11.5. The van der Waals surface area contributed by atoms with Gasteiger partial charge in [0.05, 0.1) is 0 Å². The van der Waals surface area contributed by atoms with Crippen LogP contribution >= 0.6 is 0 Å². The molecule has 0 aliphatic carbocycles. The molecule has 1 unspecified atom stereocenters. The number of amides is 2. The van der Waals surface area contributed by atoms with E-state index in [1.54, 1.807) is 20.8 Å². The van der Waals surface area contributed by atoms with E-state index in [9.17, 15) is 9.59 Å². The quantitative estimate of drug-likeness (QED) is 0.735. The van der Waals surface area contributed by atoms with E-state index in [2.05, 4.69) is 5.32 Å².